The van der Waals surface area contributed by atoms with E-state index in [9.17, 15) is 0 Å². The molecule has 1 atom stereocenters. The van der Waals surface area contributed by atoms with Crippen molar-refractivity contribution < 1.29 is 0 Å². The zero-order chi connectivity index (χ0) is 12.5. The van der Waals surface area contributed by atoms with E-state index in [0.717, 1.165) is 29.7 Å². The summed E-state index contributed by atoms with van der Waals surface area (Å²) in [4.78, 5) is 5.09. The van der Waals surface area contributed by atoms with Crippen molar-refractivity contribution in [3.63, 3.8) is 0 Å². The average Bonchev–Trinajstić information content (AvgIpc) is 2.85. The molecule has 2 nitrogen and oxygen atoms in total. The predicted octanol–water partition coefficient (Wildman–Crippen LogP) is 3.36. The molecule has 2 aliphatic rings. The number of piperazine rings is 1. The lowest BCUT2D eigenvalue weighted by molar-refractivity contribution is 0.231. The van der Waals surface area contributed by atoms with Crippen molar-refractivity contribution in [3.8, 4) is 0 Å². The Morgan fingerprint density at radius 3 is 2.94 bits per heavy atom. The van der Waals surface area contributed by atoms with Gasteiger partial charge >= 0.3 is 0 Å². The second-order valence-corrected chi connectivity index (χ2v) is 5.89. The predicted molar refractivity (Wildman–Crippen MR) is 77.8 cm³/mol. The third-order valence-electron chi connectivity index (χ3n) is 4.11. The molecule has 0 radical (unpaired) electrons. The van der Waals surface area contributed by atoms with Gasteiger partial charge in [0.05, 0.1) is 0 Å². The molecule has 0 N–H and O–H groups in total. The van der Waals surface area contributed by atoms with E-state index in [-0.39, 0.29) is 0 Å². The largest absolute Gasteiger partial charge is 0.368 e. The maximum atomic E-state index is 6.04. The summed E-state index contributed by atoms with van der Waals surface area (Å²) < 4.78 is 0. The van der Waals surface area contributed by atoms with Crippen molar-refractivity contribution in [1.29, 1.82) is 0 Å². The lowest BCUT2D eigenvalue weighted by Crippen LogP contribution is -2.50. The highest BCUT2D eigenvalue weighted by Crippen LogP contribution is 2.30. The zero-order valence-electron chi connectivity index (χ0n) is 10.4. The summed E-state index contributed by atoms with van der Waals surface area (Å²) in [6.07, 6.45) is 2.68. The summed E-state index contributed by atoms with van der Waals surface area (Å²) in [5, 5.41) is 0.772. The molecule has 1 unspecified atom stereocenters. The van der Waals surface area contributed by atoms with Gasteiger partial charge in [0.25, 0.3) is 0 Å². The number of rotatable bonds is 2. The van der Waals surface area contributed by atoms with E-state index in [1.54, 1.807) is 0 Å². The van der Waals surface area contributed by atoms with Gasteiger partial charge < -0.3 is 4.90 Å². The van der Waals surface area contributed by atoms with Gasteiger partial charge in [-0.3, -0.25) is 4.90 Å². The number of nitrogens with zero attached hydrogens (tertiary/aromatic N) is 2. The molecule has 0 saturated carbocycles. The molecule has 1 aromatic carbocycles. The summed E-state index contributed by atoms with van der Waals surface area (Å²) in [6.45, 7) is 4.68. The number of hydrogen-bond acceptors (Lipinski definition) is 2. The van der Waals surface area contributed by atoms with Crippen LogP contribution in [0.4, 0.5) is 5.69 Å². The molecule has 1 aromatic rings. The molecule has 98 valence electrons. The molecule has 3 rings (SSSR count). The minimum atomic E-state index is 0.529. The SMILES string of the molecule is ClCc1cc(Cl)ccc1N1CCN2CCCC2C1. The molecule has 0 aromatic heterocycles. The normalized spacial score (nSPS) is 24.3. The summed E-state index contributed by atoms with van der Waals surface area (Å²) in [6, 6.07) is 6.81. The topological polar surface area (TPSA) is 6.48 Å². The minimum absolute atomic E-state index is 0.529. The molecule has 2 fully saturated rings. The lowest BCUT2D eigenvalue weighted by atomic mass is 10.1. The highest BCUT2D eigenvalue weighted by Gasteiger charge is 2.31. The fourth-order valence-electron chi connectivity index (χ4n) is 3.18. The molecular weight excluding hydrogens is 267 g/mol. The third-order valence-corrected chi connectivity index (χ3v) is 4.64. The Balaban J connectivity index is 1.82. The van der Waals surface area contributed by atoms with Crippen LogP contribution < -0.4 is 4.90 Å². The quantitative estimate of drug-likeness (QED) is 0.769. The molecule has 2 heterocycles. The number of hydrogen-bond donors (Lipinski definition) is 0. The first-order chi connectivity index (χ1) is 8.78. The average molecular weight is 285 g/mol. The Hall–Kier alpha value is -0.440. The van der Waals surface area contributed by atoms with Crippen LogP contribution in [0.2, 0.25) is 5.02 Å². The number of halogens is 2. The van der Waals surface area contributed by atoms with Crippen LogP contribution in [-0.4, -0.2) is 37.1 Å². The first kappa shape index (κ1) is 12.6. The molecular formula is C14H18Cl2N2. The second kappa shape index (κ2) is 5.28. The third kappa shape index (κ3) is 2.34. The molecule has 4 heteroatoms. The monoisotopic (exact) mass is 284 g/mol. The molecule has 2 saturated heterocycles. The van der Waals surface area contributed by atoms with E-state index in [1.807, 2.05) is 12.1 Å². The Kier molecular flexibility index (Phi) is 3.69. The van der Waals surface area contributed by atoms with Crippen LogP contribution in [0.1, 0.15) is 18.4 Å². The number of fused-ring (bicyclic) bond motifs is 1. The number of benzene rings is 1. The molecule has 0 amide bonds. The number of alkyl halides is 1. The Bertz CT molecular complexity index is 436. The minimum Gasteiger partial charge on any atom is -0.368 e. The van der Waals surface area contributed by atoms with Crippen molar-refractivity contribution in [2.24, 2.45) is 0 Å². The molecule has 0 spiro atoms. The van der Waals surface area contributed by atoms with E-state index < -0.39 is 0 Å². The zero-order valence-corrected chi connectivity index (χ0v) is 11.9. The Morgan fingerprint density at radius 2 is 2.11 bits per heavy atom. The van der Waals surface area contributed by atoms with E-state index >= 15 is 0 Å². The molecule has 18 heavy (non-hydrogen) atoms. The van der Waals surface area contributed by atoms with Crippen LogP contribution in [-0.2, 0) is 5.88 Å². The molecule has 0 bridgehead atoms. The van der Waals surface area contributed by atoms with Crippen molar-refractivity contribution in [1.82, 2.24) is 4.90 Å². The Morgan fingerprint density at radius 1 is 1.22 bits per heavy atom. The van der Waals surface area contributed by atoms with Gasteiger partial charge in [-0.25, -0.2) is 0 Å². The fraction of sp³-hybridized carbons (Fsp3) is 0.571. The van der Waals surface area contributed by atoms with Crippen molar-refractivity contribution in [2.45, 2.75) is 24.8 Å². The van der Waals surface area contributed by atoms with Gasteiger partial charge in [-0.1, -0.05) is 11.6 Å². The first-order valence-corrected chi connectivity index (χ1v) is 7.52. The molecule has 0 aliphatic carbocycles. The van der Waals surface area contributed by atoms with Crippen molar-refractivity contribution >= 4 is 28.9 Å². The maximum Gasteiger partial charge on any atom is 0.0495 e. The van der Waals surface area contributed by atoms with Crippen molar-refractivity contribution in [2.75, 3.05) is 31.1 Å². The lowest BCUT2D eigenvalue weighted by Gasteiger charge is -2.39. The second-order valence-electron chi connectivity index (χ2n) is 5.18. The summed E-state index contributed by atoms with van der Waals surface area (Å²) in [5.41, 5.74) is 2.41. The molecule has 2 aliphatic heterocycles. The van der Waals surface area contributed by atoms with Gasteiger partial charge in [0.15, 0.2) is 0 Å². The smallest absolute Gasteiger partial charge is 0.0495 e. The highest BCUT2D eigenvalue weighted by atomic mass is 35.5. The van der Waals surface area contributed by atoms with Gasteiger partial charge in [-0.15, -0.1) is 11.6 Å². The van der Waals surface area contributed by atoms with Crippen LogP contribution in [0.3, 0.4) is 0 Å². The Labute approximate surface area is 118 Å². The number of anilines is 1. The van der Waals surface area contributed by atoms with Gasteiger partial charge in [0, 0.05) is 42.3 Å². The highest BCUT2D eigenvalue weighted by molar-refractivity contribution is 6.30. The van der Waals surface area contributed by atoms with E-state index in [2.05, 4.69) is 15.9 Å². The van der Waals surface area contributed by atoms with Crippen LogP contribution >= 0.6 is 23.2 Å². The van der Waals surface area contributed by atoms with Crippen LogP contribution in [0.5, 0.6) is 0 Å². The van der Waals surface area contributed by atoms with Gasteiger partial charge in [0.1, 0.15) is 0 Å². The van der Waals surface area contributed by atoms with Crippen LogP contribution in [0.25, 0.3) is 0 Å². The van der Waals surface area contributed by atoms with E-state index in [1.165, 1.54) is 31.6 Å². The fourth-order valence-corrected chi connectivity index (χ4v) is 3.59. The van der Waals surface area contributed by atoms with Gasteiger partial charge in [0.2, 0.25) is 0 Å². The summed E-state index contributed by atoms with van der Waals surface area (Å²) >= 11 is 12.1. The van der Waals surface area contributed by atoms with Gasteiger partial charge in [-0.2, -0.15) is 0 Å². The van der Waals surface area contributed by atoms with Crippen LogP contribution in [0.15, 0.2) is 18.2 Å². The standard InChI is InChI=1S/C14H18Cl2N2/c15-9-11-8-12(16)3-4-14(11)18-7-6-17-5-1-2-13(17)10-18/h3-4,8,13H,1-2,5-7,9-10H2. The maximum absolute atomic E-state index is 6.04. The first-order valence-electron chi connectivity index (χ1n) is 6.61. The van der Waals surface area contributed by atoms with Crippen molar-refractivity contribution in [3.05, 3.63) is 28.8 Å². The van der Waals surface area contributed by atoms with Gasteiger partial charge in [-0.05, 0) is 43.1 Å². The van der Waals surface area contributed by atoms with E-state index in [4.69, 9.17) is 23.2 Å². The van der Waals surface area contributed by atoms with Crippen LogP contribution in [0, 0.1) is 0 Å². The van der Waals surface area contributed by atoms with E-state index in [0.29, 0.717) is 5.88 Å². The summed E-state index contributed by atoms with van der Waals surface area (Å²) in [5.74, 6) is 0.529. The summed E-state index contributed by atoms with van der Waals surface area (Å²) in [7, 11) is 0.